The van der Waals surface area contributed by atoms with Crippen molar-refractivity contribution in [2.24, 2.45) is 5.41 Å². The normalized spacial score (nSPS) is 11.9. The minimum atomic E-state index is -3.40. The molecule has 0 amide bonds. The molecule has 0 aliphatic rings. The summed E-state index contributed by atoms with van der Waals surface area (Å²) >= 11 is 0. The summed E-state index contributed by atoms with van der Waals surface area (Å²) < 4.78 is 26.5. The molecule has 5 heteroatoms. The van der Waals surface area contributed by atoms with Crippen LogP contribution >= 0.6 is 0 Å². The van der Waals surface area contributed by atoms with E-state index >= 15 is 0 Å². The van der Waals surface area contributed by atoms with Gasteiger partial charge in [-0.1, -0.05) is 26.8 Å². The second-order valence-corrected chi connectivity index (χ2v) is 7.29. The highest BCUT2D eigenvalue weighted by atomic mass is 32.2. The molecule has 0 bridgehead atoms. The van der Waals surface area contributed by atoms with Crippen molar-refractivity contribution in [2.75, 3.05) is 10.5 Å². The molecule has 0 unspecified atom stereocenters. The van der Waals surface area contributed by atoms with Crippen molar-refractivity contribution in [3.8, 4) is 6.07 Å². The molecule has 0 spiro atoms. The third-order valence-electron chi connectivity index (χ3n) is 2.26. The number of benzene rings is 1. The van der Waals surface area contributed by atoms with Gasteiger partial charge in [-0.15, -0.1) is 0 Å². The largest absolute Gasteiger partial charge is 0.283 e. The molecular weight excluding hydrogens is 248 g/mol. The smallest absolute Gasteiger partial charge is 0.233 e. The Kier molecular flexibility index (Phi) is 4.02. The average Bonchev–Trinajstić information content (AvgIpc) is 2.17. The topological polar surface area (TPSA) is 70.0 Å². The molecule has 0 heterocycles. The number of nitrogens with zero attached hydrogens (tertiary/aromatic N) is 1. The first-order valence-electron chi connectivity index (χ1n) is 5.64. The zero-order valence-corrected chi connectivity index (χ0v) is 11.9. The second kappa shape index (κ2) is 4.99. The van der Waals surface area contributed by atoms with E-state index in [2.05, 4.69) is 4.72 Å². The highest BCUT2D eigenvalue weighted by molar-refractivity contribution is 7.92. The van der Waals surface area contributed by atoms with Crippen molar-refractivity contribution in [2.45, 2.75) is 27.7 Å². The molecule has 0 atom stereocenters. The Hall–Kier alpha value is -1.54. The number of nitrogens with one attached hydrogen (secondary N) is 1. The summed E-state index contributed by atoms with van der Waals surface area (Å²) in [6.07, 6.45) is 0. The molecule has 1 rings (SSSR count). The van der Waals surface area contributed by atoms with E-state index in [0.29, 0.717) is 11.3 Å². The molecule has 0 radical (unpaired) electrons. The molecule has 0 aromatic heterocycles. The third-order valence-corrected chi connectivity index (χ3v) is 4.03. The molecule has 0 fully saturated rings. The van der Waals surface area contributed by atoms with Crippen LogP contribution in [-0.4, -0.2) is 14.2 Å². The van der Waals surface area contributed by atoms with E-state index in [-0.39, 0.29) is 11.2 Å². The van der Waals surface area contributed by atoms with E-state index in [9.17, 15) is 8.42 Å². The van der Waals surface area contributed by atoms with Crippen molar-refractivity contribution in [3.63, 3.8) is 0 Å². The average molecular weight is 266 g/mol. The minimum Gasteiger partial charge on any atom is -0.283 e. The summed E-state index contributed by atoms with van der Waals surface area (Å²) in [6.45, 7) is 7.40. The summed E-state index contributed by atoms with van der Waals surface area (Å²) in [5.41, 5.74) is 1.39. The van der Waals surface area contributed by atoms with Crippen LogP contribution in [0.25, 0.3) is 0 Å². The van der Waals surface area contributed by atoms with E-state index in [4.69, 9.17) is 5.26 Å². The highest BCUT2D eigenvalue weighted by Crippen LogP contribution is 2.21. The number of hydrogen-bond donors (Lipinski definition) is 1. The van der Waals surface area contributed by atoms with Crippen molar-refractivity contribution in [1.82, 2.24) is 0 Å². The second-order valence-electron chi connectivity index (χ2n) is 5.56. The predicted octanol–water partition coefficient (Wildman–Crippen LogP) is 2.65. The summed E-state index contributed by atoms with van der Waals surface area (Å²) in [7, 11) is -3.40. The van der Waals surface area contributed by atoms with Crippen LogP contribution in [0.4, 0.5) is 5.69 Å². The summed E-state index contributed by atoms with van der Waals surface area (Å²) in [6, 6.07) is 6.94. The predicted molar refractivity (Wildman–Crippen MR) is 72.8 cm³/mol. The van der Waals surface area contributed by atoms with Gasteiger partial charge in [0, 0.05) is 0 Å². The Morgan fingerprint density at radius 3 is 2.44 bits per heavy atom. The van der Waals surface area contributed by atoms with Gasteiger partial charge >= 0.3 is 0 Å². The van der Waals surface area contributed by atoms with Crippen LogP contribution < -0.4 is 4.72 Å². The van der Waals surface area contributed by atoms with Crippen LogP contribution in [0.5, 0.6) is 0 Å². The molecule has 0 saturated carbocycles. The first-order chi connectivity index (χ1) is 8.13. The summed E-state index contributed by atoms with van der Waals surface area (Å²) in [5.74, 6) is 0.0379. The molecule has 0 aliphatic carbocycles. The fraction of sp³-hybridized carbons (Fsp3) is 0.462. The number of hydrogen-bond acceptors (Lipinski definition) is 3. The molecule has 0 aliphatic heterocycles. The lowest BCUT2D eigenvalue weighted by Crippen LogP contribution is -2.26. The minimum absolute atomic E-state index is 0.0379. The van der Waals surface area contributed by atoms with Gasteiger partial charge in [-0.05, 0) is 30.0 Å². The van der Waals surface area contributed by atoms with Crippen LogP contribution in [0.3, 0.4) is 0 Å². The fourth-order valence-corrected chi connectivity index (χ4v) is 3.34. The molecule has 98 valence electrons. The number of aryl methyl sites for hydroxylation is 1. The van der Waals surface area contributed by atoms with Crippen LogP contribution in [0.15, 0.2) is 18.2 Å². The standard InChI is InChI=1S/C13H18N2O2S/c1-10-5-6-11(8-14)7-12(10)15-18(16,17)9-13(2,3)4/h5-7,15H,9H2,1-4H3. The van der Waals surface area contributed by atoms with Gasteiger partial charge in [-0.2, -0.15) is 5.26 Å². The molecule has 18 heavy (non-hydrogen) atoms. The maximum absolute atomic E-state index is 12.0. The summed E-state index contributed by atoms with van der Waals surface area (Å²) in [4.78, 5) is 0. The van der Waals surface area contributed by atoms with Crippen molar-refractivity contribution in [1.29, 1.82) is 5.26 Å². The maximum Gasteiger partial charge on any atom is 0.233 e. The lowest BCUT2D eigenvalue weighted by molar-refractivity contribution is 0.463. The Morgan fingerprint density at radius 1 is 1.33 bits per heavy atom. The Balaban J connectivity index is 3.01. The zero-order valence-electron chi connectivity index (χ0n) is 11.1. The number of nitriles is 1. The van der Waals surface area contributed by atoms with Crippen LogP contribution in [0.2, 0.25) is 0 Å². The van der Waals surface area contributed by atoms with Gasteiger partial charge in [0.25, 0.3) is 0 Å². The lowest BCUT2D eigenvalue weighted by atomic mass is 10.0. The number of anilines is 1. The third kappa shape index (κ3) is 4.38. The molecule has 1 aromatic rings. The van der Waals surface area contributed by atoms with E-state index in [1.165, 1.54) is 0 Å². The van der Waals surface area contributed by atoms with Gasteiger partial charge < -0.3 is 0 Å². The Bertz CT molecular complexity index is 578. The van der Waals surface area contributed by atoms with Crippen molar-refractivity contribution < 1.29 is 8.42 Å². The molecule has 4 nitrogen and oxygen atoms in total. The van der Waals surface area contributed by atoms with Gasteiger partial charge in [-0.25, -0.2) is 8.42 Å². The van der Waals surface area contributed by atoms with E-state index in [0.717, 1.165) is 5.56 Å². The SMILES string of the molecule is Cc1ccc(C#N)cc1NS(=O)(=O)CC(C)(C)C. The Labute approximate surface area is 109 Å². The number of sulfonamides is 1. The van der Waals surface area contributed by atoms with Gasteiger partial charge in [0.2, 0.25) is 10.0 Å². The number of rotatable bonds is 3. The van der Waals surface area contributed by atoms with Crippen molar-refractivity contribution in [3.05, 3.63) is 29.3 Å². The first kappa shape index (κ1) is 14.5. The van der Waals surface area contributed by atoms with Gasteiger partial charge in [-0.3, -0.25) is 4.72 Å². The quantitative estimate of drug-likeness (QED) is 0.914. The monoisotopic (exact) mass is 266 g/mol. The van der Waals surface area contributed by atoms with Crippen LogP contribution in [0.1, 0.15) is 31.9 Å². The van der Waals surface area contributed by atoms with E-state index in [1.54, 1.807) is 25.1 Å². The van der Waals surface area contributed by atoms with Gasteiger partial charge in [0.1, 0.15) is 0 Å². The van der Waals surface area contributed by atoms with Gasteiger partial charge in [0.05, 0.1) is 23.1 Å². The van der Waals surface area contributed by atoms with Crippen LogP contribution in [0, 0.1) is 23.7 Å². The van der Waals surface area contributed by atoms with E-state index < -0.39 is 10.0 Å². The summed E-state index contributed by atoms with van der Waals surface area (Å²) in [5, 5.41) is 8.81. The molecular formula is C13H18N2O2S. The van der Waals surface area contributed by atoms with Crippen LogP contribution in [-0.2, 0) is 10.0 Å². The van der Waals surface area contributed by atoms with E-state index in [1.807, 2.05) is 26.8 Å². The lowest BCUT2D eigenvalue weighted by Gasteiger charge is -2.19. The van der Waals surface area contributed by atoms with Crippen molar-refractivity contribution >= 4 is 15.7 Å². The maximum atomic E-state index is 12.0. The van der Waals surface area contributed by atoms with Gasteiger partial charge in [0.15, 0.2) is 0 Å². The molecule has 1 aromatic carbocycles. The molecule has 1 N–H and O–H groups in total. The first-order valence-corrected chi connectivity index (χ1v) is 7.29. The highest BCUT2D eigenvalue weighted by Gasteiger charge is 2.22. The zero-order chi connectivity index (χ0) is 14.0. The molecule has 0 saturated heterocycles. The Morgan fingerprint density at radius 2 is 1.94 bits per heavy atom. The fourth-order valence-electron chi connectivity index (χ4n) is 1.58.